The van der Waals surface area contributed by atoms with Crippen LogP contribution in [0.15, 0.2) is 48.5 Å². The molecular weight excluding hydrogens is 540 g/mol. The number of aliphatic hydroxyl groups excluding tert-OH is 1. The lowest BCUT2D eigenvalue weighted by molar-refractivity contribution is -0.253. The van der Waals surface area contributed by atoms with E-state index in [0.29, 0.717) is 18.7 Å². The van der Waals surface area contributed by atoms with E-state index in [4.69, 9.17) is 18.9 Å². The molecule has 2 saturated heterocycles. The van der Waals surface area contributed by atoms with Crippen LogP contribution in [-0.2, 0) is 39.9 Å². The molecule has 0 aliphatic carbocycles. The Bertz CT molecular complexity index is 1220. The van der Waals surface area contributed by atoms with Crippen LogP contribution in [0, 0.1) is 0 Å². The maximum Gasteiger partial charge on any atom is 0.323 e. The molecule has 2 fully saturated rings. The Morgan fingerprint density at radius 3 is 2.33 bits per heavy atom. The maximum atomic E-state index is 12.9. The summed E-state index contributed by atoms with van der Waals surface area (Å²) in [6.07, 6.45) is 0.156. The van der Waals surface area contributed by atoms with Crippen molar-refractivity contribution in [3.8, 4) is 0 Å². The average molecular weight is 583 g/mol. The molecule has 10 heteroatoms. The second-order valence-corrected chi connectivity index (χ2v) is 11.9. The van der Waals surface area contributed by atoms with Crippen molar-refractivity contribution in [1.82, 2.24) is 4.90 Å². The van der Waals surface area contributed by atoms with Crippen LogP contribution in [0.2, 0.25) is 0 Å². The fraction of sp³-hybridized carbons (Fsp3) is 0.531. The standard InChI is InChI=1S/C32H42N2O8/c1-20(39-21(2)36)29(37)33-25-14-12-24(13-15-25)31-40-26(17-28(41-31)23-10-8-22(19-35)9-11-23)18-34-16-6-7-27(34)30(38)42-32(3,4)5/h8-15,20,26-28,31,35H,6-7,16-19H2,1-5H3,(H,33,37)/t20-,26+,27-,28-,31-/m0/s1. The minimum Gasteiger partial charge on any atom is -0.459 e. The third kappa shape index (κ3) is 8.61. The van der Waals surface area contributed by atoms with E-state index < -0.39 is 29.9 Å². The number of benzene rings is 2. The van der Waals surface area contributed by atoms with Crippen molar-refractivity contribution in [2.24, 2.45) is 0 Å². The minimum absolute atomic E-state index is 0.0380. The van der Waals surface area contributed by atoms with Gasteiger partial charge in [-0.2, -0.15) is 0 Å². The van der Waals surface area contributed by atoms with Crippen LogP contribution < -0.4 is 5.32 Å². The highest BCUT2D eigenvalue weighted by molar-refractivity contribution is 5.94. The van der Waals surface area contributed by atoms with E-state index in [-0.39, 0.29) is 30.8 Å². The molecule has 2 aromatic rings. The summed E-state index contributed by atoms with van der Waals surface area (Å²) in [7, 11) is 0. The van der Waals surface area contributed by atoms with Crippen LogP contribution in [0.1, 0.15) is 83.0 Å². The number of ether oxygens (including phenoxy) is 4. The summed E-state index contributed by atoms with van der Waals surface area (Å²) in [6, 6.07) is 14.5. The number of aliphatic hydroxyl groups is 1. The summed E-state index contributed by atoms with van der Waals surface area (Å²) < 4.78 is 23.5. The molecule has 0 saturated carbocycles. The summed E-state index contributed by atoms with van der Waals surface area (Å²) in [4.78, 5) is 38.6. The molecule has 2 N–H and O–H groups in total. The molecular formula is C32H42N2O8. The third-order valence-corrected chi connectivity index (χ3v) is 7.26. The smallest absolute Gasteiger partial charge is 0.323 e. The topological polar surface area (TPSA) is 124 Å². The zero-order chi connectivity index (χ0) is 30.4. The Kier molecular flexibility index (Phi) is 10.4. The van der Waals surface area contributed by atoms with Crippen molar-refractivity contribution < 1.29 is 38.4 Å². The summed E-state index contributed by atoms with van der Waals surface area (Å²) in [5.41, 5.74) is 2.55. The first-order chi connectivity index (χ1) is 19.9. The molecule has 42 heavy (non-hydrogen) atoms. The van der Waals surface area contributed by atoms with Crippen LogP contribution in [0.25, 0.3) is 0 Å². The largest absolute Gasteiger partial charge is 0.459 e. The number of hydrogen-bond acceptors (Lipinski definition) is 9. The van der Waals surface area contributed by atoms with Gasteiger partial charge < -0.3 is 29.4 Å². The van der Waals surface area contributed by atoms with Crippen LogP contribution in [0.3, 0.4) is 0 Å². The number of hydrogen-bond donors (Lipinski definition) is 2. The van der Waals surface area contributed by atoms with Gasteiger partial charge in [-0.25, -0.2) is 0 Å². The van der Waals surface area contributed by atoms with Crippen molar-refractivity contribution in [2.75, 3.05) is 18.4 Å². The van der Waals surface area contributed by atoms with Crippen LogP contribution in [0.4, 0.5) is 5.69 Å². The Morgan fingerprint density at radius 1 is 1.05 bits per heavy atom. The lowest BCUT2D eigenvalue weighted by atomic mass is 9.99. The monoisotopic (exact) mass is 582 g/mol. The molecule has 0 radical (unpaired) electrons. The van der Waals surface area contributed by atoms with Gasteiger partial charge >= 0.3 is 11.9 Å². The van der Waals surface area contributed by atoms with Gasteiger partial charge in [0.15, 0.2) is 12.4 Å². The van der Waals surface area contributed by atoms with Crippen molar-refractivity contribution in [2.45, 2.75) is 96.7 Å². The second-order valence-electron chi connectivity index (χ2n) is 11.9. The first-order valence-corrected chi connectivity index (χ1v) is 14.5. The van der Waals surface area contributed by atoms with E-state index in [1.807, 2.05) is 57.2 Å². The molecule has 0 aromatic heterocycles. The van der Waals surface area contributed by atoms with Gasteiger partial charge in [-0.1, -0.05) is 36.4 Å². The van der Waals surface area contributed by atoms with Crippen molar-refractivity contribution in [3.63, 3.8) is 0 Å². The number of carbonyl (C=O) groups excluding carboxylic acids is 3. The molecule has 2 aliphatic rings. The van der Waals surface area contributed by atoms with Gasteiger partial charge in [0.25, 0.3) is 5.91 Å². The number of nitrogens with one attached hydrogen (secondary N) is 1. The molecule has 10 nitrogen and oxygen atoms in total. The summed E-state index contributed by atoms with van der Waals surface area (Å²) >= 11 is 0. The number of likely N-dealkylation sites (tertiary alicyclic amines) is 1. The number of rotatable bonds is 9. The fourth-order valence-electron chi connectivity index (χ4n) is 5.25. The zero-order valence-electron chi connectivity index (χ0n) is 25.0. The van der Waals surface area contributed by atoms with Gasteiger partial charge in [0.05, 0.1) is 18.8 Å². The highest BCUT2D eigenvalue weighted by Crippen LogP contribution is 2.39. The number of anilines is 1. The van der Waals surface area contributed by atoms with Crippen LogP contribution in [-0.4, -0.2) is 64.8 Å². The molecule has 0 unspecified atom stereocenters. The first-order valence-electron chi connectivity index (χ1n) is 14.5. The first kappa shape index (κ1) is 31.6. The fourth-order valence-corrected chi connectivity index (χ4v) is 5.25. The van der Waals surface area contributed by atoms with Crippen molar-refractivity contribution >= 4 is 23.5 Å². The molecule has 5 atom stereocenters. The Balaban J connectivity index is 1.50. The number of carbonyl (C=O) groups is 3. The van der Waals surface area contributed by atoms with E-state index in [9.17, 15) is 19.5 Å². The SMILES string of the molecule is CC(=O)O[C@@H](C)C(=O)Nc1ccc([C@H]2O[C@@H](CN3CCC[C@H]3C(=O)OC(C)(C)C)C[C@@H](c3ccc(CO)cc3)O2)cc1. The predicted molar refractivity (Wildman–Crippen MR) is 155 cm³/mol. The molecule has 2 aromatic carbocycles. The highest BCUT2D eigenvalue weighted by Gasteiger charge is 2.39. The normalized spacial score (nSPS) is 23.7. The summed E-state index contributed by atoms with van der Waals surface area (Å²) in [5.74, 6) is -1.17. The van der Waals surface area contributed by atoms with E-state index in [2.05, 4.69) is 10.2 Å². The maximum absolute atomic E-state index is 12.9. The van der Waals surface area contributed by atoms with Crippen LogP contribution in [0.5, 0.6) is 0 Å². The van der Waals surface area contributed by atoms with Crippen LogP contribution >= 0.6 is 0 Å². The van der Waals surface area contributed by atoms with E-state index in [1.54, 1.807) is 12.1 Å². The number of esters is 2. The summed E-state index contributed by atoms with van der Waals surface area (Å²) in [5, 5.41) is 12.2. The van der Waals surface area contributed by atoms with Gasteiger partial charge in [0, 0.05) is 31.1 Å². The van der Waals surface area contributed by atoms with Gasteiger partial charge in [0.1, 0.15) is 11.6 Å². The van der Waals surface area contributed by atoms with Crippen molar-refractivity contribution in [1.29, 1.82) is 0 Å². The highest BCUT2D eigenvalue weighted by atomic mass is 16.7. The molecule has 4 rings (SSSR count). The molecule has 0 spiro atoms. The Morgan fingerprint density at radius 2 is 1.71 bits per heavy atom. The molecule has 0 bridgehead atoms. The van der Waals surface area contributed by atoms with Gasteiger partial charge in [-0.3, -0.25) is 19.3 Å². The van der Waals surface area contributed by atoms with Gasteiger partial charge in [-0.15, -0.1) is 0 Å². The Labute approximate surface area is 247 Å². The lowest BCUT2D eigenvalue weighted by Gasteiger charge is -2.38. The van der Waals surface area contributed by atoms with Crippen molar-refractivity contribution in [3.05, 3.63) is 65.2 Å². The number of amides is 1. The molecule has 228 valence electrons. The Hall–Kier alpha value is -3.31. The molecule has 1 amide bonds. The van der Waals surface area contributed by atoms with Gasteiger partial charge in [0.2, 0.25) is 0 Å². The number of nitrogens with zero attached hydrogens (tertiary/aromatic N) is 1. The quantitative estimate of drug-likeness (QED) is 0.414. The molecule has 2 heterocycles. The van der Waals surface area contributed by atoms with E-state index in [1.165, 1.54) is 13.8 Å². The van der Waals surface area contributed by atoms with Gasteiger partial charge in [-0.05, 0) is 70.3 Å². The van der Waals surface area contributed by atoms with E-state index in [0.717, 1.165) is 36.1 Å². The average Bonchev–Trinajstić information content (AvgIpc) is 3.40. The lowest BCUT2D eigenvalue weighted by Crippen LogP contribution is -2.45. The predicted octanol–water partition coefficient (Wildman–Crippen LogP) is 4.42. The third-order valence-electron chi connectivity index (χ3n) is 7.26. The second kappa shape index (κ2) is 13.8. The zero-order valence-corrected chi connectivity index (χ0v) is 25.0. The van der Waals surface area contributed by atoms with E-state index >= 15 is 0 Å². The minimum atomic E-state index is -0.916. The molecule has 2 aliphatic heterocycles. The summed E-state index contributed by atoms with van der Waals surface area (Å²) in [6.45, 7) is 9.69.